The zero-order valence-corrected chi connectivity index (χ0v) is 12.3. The van der Waals surface area contributed by atoms with Crippen molar-refractivity contribution in [3.05, 3.63) is 24.3 Å². The molecule has 1 rings (SSSR count). The lowest BCUT2D eigenvalue weighted by Gasteiger charge is -2.15. The van der Waals surface area contributed by atoms with Gasteiger partial charge in [0.2, 0.25) is 0 Å². The minimum Gasteiger partial charge on any atom is -0.290 e. The van der Waals surface area contributed by atoms with Gasteiger partial charge in [0.1, 0.15) is 0 Å². The van der Waals surface area contributed by atoms with Crippen molar-refractivity contribution in [2.45, 2.75) is 22.0 Å². The zero-order chi connectivity index (χ0) is 12.8. The monoisotopic (exact) mass is 346 g/mol. The highest BCUT2D eigenvalue weighted by Gasteiger charge is 2.27. The first-order valence-corrected chi connectivity index (χ1v) is 6.40. The van der Waals surface area contributed by atoms with Crippen molar-refractivity contribution < 1.29 is 9.59 Å². The summed E-state index contributed by atoms with van der Waals surface area (Å²) in [7, 11) is 0. The Bertz CT molecular complexity index is 281. The van der Waals surface area contributed by atoms with Crippen LogP contribution in [-0.2, 0) is 9.59 Å². The molecule has 0 saturated heterocycles. The van der Waals surface area contributed by atoms with Crippen molar-refractivity contribution in [1.82, 2.24) is 0 Å². The minimum absolute atomic E-state index is 0.121. The van der Waals surface area contributed by atoms with Crippen LogP contribution in [0.25, 0.3) is 0 Å². The lowest BCUT2D eigenvalue weighted by molar-refractivity contribution is -0.113. The standard InChI is InChI=1S/C6H4O2.C4H6BrCl3/c7-5-1-2-6(8)4-3-5;1-2-3(6)4(5,7)8/h1-4H;3H,2H2,1H3. The van der Waals surface area contributed by atoms with Gasteiger partial charge in [0.25, 0.3) is 0 Å². The summed E-state index contributed by atoms with van der Waals surface area (Å²) in [6, 6.07) is 0. The third kappa shape index (κ3) is 7.44. The molecule has 0 aromatic carbocycles. The first kappa shape index (κ1) is 16.2. The second-order valence-corrected chi connectivity index (χ2v) is 6.97. The number of hydrogen-bond donors (Lipinski definition) is 0. The van der Waals surface area contributed by atoms with Crippen LogP contribution in [0.2, 0.25) is 0 Å². The molecule has 0 heterocycles. The molecule has 1 atom stereocenters. The van der Waals surface area contributed by atoms with Gasteiger partial charge in [-0.15, -0.1) is 11.6 Å². The minimum atomic E-state index is -0.969. The largest absolute Gasteiger partial charge is 0.290 e. The van der Waals surface area contributed by atoms with Gasteiger partial charge in [-0.2, -0.15) is 0 Å². The van der Waals surface area contributed by atoms with Gasteiger partial charge >= 0.3 is 0 Å². The molecule has 16 heavy (non-hydrogen) atoms. The smallest absolute Gasteiger partial charge is 0.188 e. The molecular formula is C10H10BrCl3O2. The molecule has 1 unspecified atom stereocenters. The van der Waals surface area contributed by atoms with E-state index in [-0.39, 0.29) is 16.9 Å². The average Bonchev–Trinajstić information content (AvgIpc) is 2.21. The molecule has 0 N–H and O–H groups in total. The summed E-state index contributed by atoms with van der Waals surface area (Å²) in [5, 5.41) is -0.231. The van der Waals surface area contributed by atoms with Gasteiger partial charge in [0, 0.05) is 0 Å². The van der Waals surface area contributed by atoms with Gasteiger partial charge < -0.3 is 0 Å². The van der Waals surface area contributed by atoms with Crippen LogP contribution in [0.3, 0.4) is 0 Å². The maximum absolute atomic E-state index is 10.3. The first-order chi connectivity index (χ1) is 7.27. The van der Waals surface area contributed by atoms with Crippen molar-refractivity contribution in [3.8, 4) is 0 Å². The maximum Gasteiger partial charge on any atom is 0.188 e. The molecule has 0 saturated carbocycles. The summed E-state index contributed by atoms with van der Waals surface area (Å²) in [4.78, 5) is 20.6. The van der Waals surface area contributed by atoms with Gasteiger partial charge in [0.05, 0.1) is 5.38 Å². The molecule has 6 heteroatoms. The van der Waals surface area contributed by atoms with Gasteiger partial charge in [-0.1, -0.05) is 30.1 Å². The molecule has 0 radical (unpaired) electrons. The van der Waals surface area contributed by atoms with E-state index in [9.17, 15) is 9.59 Å². The Hall–Kier alpha value is 0.170. The lowest BCUT2D eigenvalue weighted by Crippen LogP contribution is -2.16. The summed E-state index contributed by atoms with van der Waals surface area (Å²) < 4.78 is -0.969. The molecule has 0 aromatic rings. The van der Waals surface area contributed by atoms with E-state index < -0.39 is 3.24 Å². The van der Waals surface area contributed by atoms with Crippen LogP contribution < -0.4 is 0 Å². The van der Waals surface area contributed by atoms with E-state index in [2.05, 4.69) is 15.9 Å². The van der Waals surface area contributed by atoms with Gasteiger partial charge in [0.15, 0.2) is 14.8 Å². The normalized spacial score (nSPS) is 16.8. The summed E-state index contributed by atoms with van der Waals surface area (Å²) in [6.45, 7) is 1.92. The van der Waals surface area contributed by atoms with Gasteiger partial charge in [-0.3, -0.25) is 9.59 Å². The van der Waals surface area contributed by atoms with E-state index in [4.69, 9.17) is 34.8 Å². The third-order valence-corrected chi connectivity index (χ3v) is 3.74. The van der Waals surface area contributed by atoms with Crippen LogP contribution in [0.1, 0.15) is 13.3 Å². The van der Waals surface area contributed by atoms with Crippen LogP contribution in [0.15, 0.2) is 24.3 Å². The van der Waals surface area contributed by atoms with Crippen molar-refractivity contribution in [2.24, 2.45) is 0 Å². The van der Waals surface area contributed by atoms with E-state index >= 15 is 0 Å². The average molecular weight is 348 g/mol. The second kappa shape index (κ2) is 7.49. The second-order valence-electron chi connectivity index (χ2n) is 2.89. The summed E-state index contributed by atoms with van der Waals surface area (Å²) in [5.74, 6) is -0.241. The van der Waals surface area contributed by atoms with Crippen molar-refractivity contribution >= 4 is 62.3 Å². The first-order valence-electron chi connectivity index (χ1n) is 4.42. The molecule has 2 nitrogen and oxygen atoms in total. The number of hydrogen-bond acceptors (Lipinski definition) is 2. The molecule has 0 bridgehead atoms. The zero-order valence-electron chi connectivity index (χ0n) is 8.42. The summed E-state index contributed by atoms with van der Waals surface area (Å²) in [6.07, 6.45) is 5.76. The van der Waals surface area contributed by atoms with E-state index in [0.717, 1.165) is 6.42 Å². The molecular weight excluding hydrogens is 338 g/mol. The number of carbonyl (C=O) groups excluding carboxylic acids is 2. The Morgan fingerprint density at radius 1 is 1.19 bits per heavy atom. The Morgan fingerprint density at radius 3 is 1.62 bits per heavy atom. The molecule has 0 fully saturated rings. The quantitative estimate of drug-likeness (QED) is 0.562. The summed E-state index contributed by atoms with van der Waals surface area (Å²) in [5.41, 5.74) is 0. The van der Waals surface area contributed by atoms with Crippen LogP contribution in [0, 0.1) is 0 Å². The fourth-order valence-electron chi connectivity index (χ4n) is 0.671. The molecule has 0 aromatic heterocycles. The highest BCUT2D eigenvalue weighted by molar-refractivity contribution is 9.11. The highest BCUT2D eigenvalue weighted by atomic mass is 79.9. The van der Waals surface area contributed by atoms with Crippen molar-refractivity contribution in [1.29, 1.82) is 0 Å². The van der Waals surface area contributed by atoms with E-state index in [0.29, 0.717) is 0 Å². The highest BCUT2D eigenvalue weighted by Crippen LogP contribution is 2.37. The number of ketones is 2. The van der Waals surface area contributed by atoms with Gasteiger partial charge in [-0.25, -0.2) is 0 Å². The Balaban J connectivity index is 0.000000281. The van der Waals surface area contributed by atoms with Crippen molar-refractivity contribution in [3.63, 3.8) is 0 Å². The van der Waals surface area contributed by atoms with E-state index in [1.165, 1.54) is 24.3 Å². The number of halogens is 4. The molecule has 90 valence electrons. The predicted molar refractivity (Wildman–Crippen MR) is 71.6 cm³/mol. The molecule has 0 aliphatic heterocycles. The van der Waals surface area contributed by atoms with E-state index in [1.54, 1.807) is 0 Å². The molecule has 0 amide bonds. The Morgan fingerprint density at radius 2 is 1.50 bits per heavy atom. The Labute approximate surface area is 118 Å². The third-order valence-electron chi connectivity index (χ3n) is 1.54. The number of allylic oxidation sites excluding steroid dienone is 4. The van der Waals surface area contributed by atoms with E-state index in [1.807, 2.05) is 6.92 Å². The van der Waals surface area contributed by atoms with Gasteiger partial charge in [-0.05, 0) is 46.7 Å². The van der Waals surface area contributed by atoms with Crippen LogP contribution >= 0.6 is 50.7 Å². The fraction of sp³-hybridized carbons (Fsp3) is 0.400. The van der Waals surface area contributed by atoms with Crippen LogP contribution in [-0.4, -0.2) is 20.2 Å². The van der Waals surface area contributed by atoms with Crippen molar-refractivity contribution in [2.75, 3.05) is 0 Å². The van der Waals surface area contributed by atoms with Crippen LogP contribution in [0.5, 0.6) is 0 Å². The topological polar surface area (TPSA) is 34.1 Å². The molecule has 0 spiro atoms. The Kier molecular flexibility index (Phi) is 7.57. The molecule has 1 aliphatic carbocycles. The summed E-state index contributed by atoms with van der Waals surface area (Å²) >= 11 is 19.7. The maximum atomic E-state index is 10.3. The lowest BCUT2D eigenvalue weighted by atomic mass is 10.2. The molecule has 1 aliphatic rings. The fourth-order valence-corrected chi connectivity index (χ4v) is 1.30. The predicted octanol–water partition coefficient (Wildman–Crippen LogP) is 3.78. The number of alkyl halides is 4. The van der Waals surface area contributed by atoms with Crippen LogP contribution in [0.4, 0.5) is 0 Å². The SMILES string of the molecule is CCC(Cl)C(Cl)(Cl)Br.O=C1C=CC(=O)C=C1. The number of carbonyl (C=O) groups is 2. The number of rotatable bonds is 2.